The average molecular weight is 330 g/mol. The number of hydrogen-bond donors (Lipinski definition) is 1. The van der Waals surface area contributed by atoms with Gasteiger partial charge < -0.3 is 9.73 Å². The van der Waals surface area contributed by atoms with E-state index >= 15 is 0 Å². The van der Waals surface area contributed by atoms with E-state index in [4.69, 9.17) is 4.42 Å². The minimum Gasteiger partial charge on any atom is -0.472 e. The molecule has 0 amide bonds. The van der Waals surface area contributed by atoms with Gasteiger partial charge in [0.2, 0.25) is 0 Å². The van der Waals surface area contributed by atoms with Gasteiger partial charge in [0.25, 0.3) is 0 Å². The maximum Gasteiger partial charge on any atom is 0.177 e. The van der Waals surface area contributed by atoms with E-state index in [2.05, 4.69) is 21.2 Å². The maximum absolute atomic E-state index is 11.7. The Balaban J connectivity index is 2.32. The largest absolute Gasteiger partial charge is 0.472 e. The summed E-state index contributed by atoms with van der Waals surface area (Å²) in [6.45, 7) is 0.502. The molecule has 96 valence electrons. The fraction of sp³-hybridized carbons (Fsp3) is 0.167. The van der Waals surface area contributed by atoms with Crippen molar-refractivity contribution in [3.05, 3.63) is 46.8 Å². The van der Waals surface area contributed by atoms with E-state index in [0.29, 0.717) is 16.7 Å². The molecule has 0 aliphatic carbocycles. The lowest BCUT2D eigenvalue weighted by atomic mass is 10.3. The van der Waals surface area contributed by atoms with Crippen molar-refractivity contribution in [2.24, 2.45) is 0 Å². The summed E-state index contributed by atoms with van der Waals surface area (Å²) >= 11 is 3.35. The fourth-order valence-electron chi connectivity index (χ4n) is 1.57. The maximum atomic E-state index is 11.7. The quantitative estimate of drug-likeness (QED) is 0.936. The van der Waals surface area contributed by atoms with E-state index in [-0.39, 0.29) is 4.90 Å². The van der Waals surface area contributed by atoms with Crippen LogP contribution in [0.4, 0.5) is 5.69 Å². The molecule has 1 aromatic heterocycles. The van der Waals surface area contributed by atoms with Crippen molar-refractivity contribution in [2.75, 3.05) is 11.6 Å². The molecule has 0 aliphatic rings. The normalized spacial score (nSPS) is 11.4. The van der Waals surface area contributed by atoms with E-state index < -0.39 is 9.84 Å². The Morgan fingerprint density at radius 1 is 1.33 bits per heavy atom. The number of sulfone groups is 1. The topological polar surface area (TPSA) is 59.3 Å². The minimum absolute atomic E-state index is 0.278. The number of hydrogen-bond acceptors (Lipinski definition) is 4. The molecule has 0 aliphatic heterocycles. The van der Waals surface area contributed by atoms with Crippen molar-refractivity contribution in [1.82, 2.24) is 0 Å². The second-order valence-electron chi connectivity index (χ2n) is 3.87. The summed E-state index contributed by atoms with van der Waals surface area (Å²) in [6.07, 6.45) is 4.39. The van der Waals surface area contributed by atoms with Crippen LogP contribution in [-0.4, -0.2) is 14.7 Å². The zero-order valence-electron chi connectivity index (χ0n) is 9.68. The lowest BCUT2D eigenvalue weighted by Gasteiger charge is -2.12. The number of nitrogens with one attached hydrogen (secondary N) is 1. The summed E-state index contributed by atoms with van der Waals surface area (Å²) in [6, 6.07) is 6.90. The number of furan rings is 1. The molecule has 0 fully saturated rings. The van der Waals surface area contributed by atoms with Crippen LogP contribution in [0.2, 0.25) is 0 Å². The van der Waals surface area contributed by atoms with Crippen LogP contribution < -0.4 is 5.32 Å². The minimum atomic E-state index is -3.26. The van der Waals surface area contributed by atoms with Gasteiger partial charge in [-0.25, -0.2) is 8.42 Å². The molecule has 1 heterocycles. The predicted octanol–water partition coefficient (Wildman–Crippen LogP) is 3.06. The number of halogens is 1. The third-order valence-corrected chi connectivity index (χ3v) is 4.22. The zero-order valence-corrected chi connectivity index (χ0v) is 12.1. The molecule has 18 heavy (non-hydrogen) atoms. The Morgan fingerprint density at radius 2 is 2.11 bits per heavy atom. The van der Waals surface area contributed by atoms with Gasteiger partial charge in [0, 0.05) is 22.8 Å². The van der Waals surface area contributed by atoms with Gasteiger partial charge in [0.15, 0.2) is 9.84 Å². The van der Waals surface area contributed by atoms with Crippen LogP contribution >= 0.6 is 15.9 Å². The molecule has 6 heteroatoms. The molecule has 2 rings (SSSR count). The summed E-state index contributed by atoms with van der Waals surface area (Å²) in [4.78, 5) is 0.278. The molecule has 0 spiro atoms. The molecular weight excluding hydrogens is 318 g/mol. The molecule has 2 aromatic rings. The van der Waals surface area contributed by atoms with Gasteiger partial charge in [0.1, 0.15) is 0 Å². The highest BCUT2D eigenvalue weighted by Gasteiger charge is 2.15. The fourth-order valence-corrected chi connectivity index (χ4v) is 3.08. The SMILES string of the molecule is CS(=O)(=O)c1cccc(Br)c1NCc1ccoc1. The van der Waals surface area contributed by atoms with E-state index in [0.717, 1.165) is 5.56 Å². The number of benzene rings is 1. The second-order valence-corrected chi connectivity index (χ2v) is 6.71. The number of para-hydroxylation sites is 1. The molecule has 0 unspecified atom stereocenters. The van der Waals surface area contributed by atoms with Crippen molar-refractivity contribution in [2.45, 2.75) is 11.4 Å². The second kappa shape index (κ2) is 5.16. The number of anilines is 1. The van der Waals surface area contributed by atoms with Crippen molar-refractivity contribution < 1.29 is 12.8 Å². The third-order valence-electron chi connectivity index (χ3n) is 2.42. The molecule has 1 aromatic carbocycles. The van der Waals surface area contributed by atoms with Crippen LogP contribution in [0.1, 0.15) is 5.56 Å². The van der Waals surface area contributed by atoms with Crippen molar-refractivity contribution >= 4 is 31.5 Å². The van der Waals surface area contributed by atoms with Crippen LogP contribution in [0.15, 0.2) is 50.6 Å². The Bertz CT molecular complexity index is 635. The lowest BCUT2D eigenvalue weighted by Crippen LogP contribution is -2.06. The summed E-state index contributed by atoms with van der Waals surface area (Å²) < 4.78 is 29.1. The van der Waals surface area contributed by atoms with Crippen LogP contribution in [0.25, 0.3) is 0 Å². The monoisotopic (exact) mass is 329 g/mol. The van der Waals surface area contributed by atoms with Crippen LogP contribution in [0.3, 0.4) is 0 Å². The zero-order chi connectivity index (χ0) is 13.2. The molecule has 0 saturated heterocycles. The molecular formula is C12H12BrNO3S. The van der Waals surface area contributed by atoms with Gasteiger partial charge in [-0.1, -0.05) is 6.07 Å². The molecule has 4 nitrogen and oxygen atoms in total. The average Bonchev–Trinajstić information content (AvgIpc) is 2.78. The first-order chi connectivity index (χ1) is 8.48. The summed E-state index contributed by atoms with van der Waals surface area (Å²) in [5.41, 5.74) is 1.52. The summed E-state index contributed by atoms with van der Waals surface area (Å²) in [5.74, 6) is 0. The van der Waals surface area contributed by atoms with Gasteiger partial charge in [-0.2, -0.15) is 0 Å². The van der Waals surface area contributed by atoms with Crippen molar-refractivity contribution in [1.29, 1.82) is 0 Å². The van der Waals surface area contributed by atoms with Gasteiger partial charge in [-0.15, -0.1) is 0 Å². The summed E-state index contributed by atoms with van der Waals surface area (Å²) in [7, 11) is -3.26. The smallest absolute Gasteiger partial charge is 0.177 e. The van der Waals surface area contributed by atoms with Crippen LogP contribution in [0.5, 0.6) is 0 Å². The predicted molar refractivity (Wildman–Crippen MR) is 73.3 cm³/mol. The van der Waals surface area contributed by atoms with Gasteiger partial charge >= 0.3 is 0 Å². The Hall–Kier alpha value is -1.27. The van der Waals surface area contributed by atoms with Gasteiger partial charge in [-0.3, -0.25) is 0 Å². The highest BCUT2D eigenvalue weighted by molar-refractivity contribution is 9.10. The first-order valence-corrected chi connectivity index (χ1v) is 7.90. The molecule has 0 bridgehead atoms. The first kappa shape index (κ1) is 13.2. The van der Waals surface area contributed by atoms with Crippen LogP contribution in [-0.2, 0) is 16.4 Å². The third kappa shape index (κ3) is 2.94. The van der Waals surface area contributed by atoms with E-state index in [1.165, 1.54) is 6.26 Å². The lowest BCUT2D eigenvalue weighted by molar-refractivity contribution is 0.564. The van der Waals surface area contributed by atoms with Crippen LogP contribution in [0, 0.1) is 0 Å². The van der Waals surface area contributed by atoms with E-state index in [1.807, 2.05) is 6.07 Å². The highest BCUT2D eigenvalue weighted by atomic mass is 79.9. The first-order valence-electron chi connectivity index (χ1n) is 5.22. The number of rotatable bonds is 4. The van der Waals surface area contributed by atoms with Gasteiger partial charge in [-0.05, 0) is 34.1 Å². The van der Waals surface area contributed by atoms with Crippen molar-refractivity contribution in [3.8, 4) is 0 Å². The van der Waals surface area contributed by atoms with Gasteiger partial charge in [0.05, 0.1) is 23.1 Å². The standard InChI is InChI=1S/C12H12BrNO3S/c1-18(15,16)11-4-2-3-10(13)12(11)14-7-9-5-6-17-8-9/h2-6,8,14H,7H2,1H3. The Morgan fingerprint density at radius 3 is 2.72 bits per heavy atom. The molecule has 0 saturated carbocycles. The molecule has 0 atom stereocenters. The van der Waals surface area contributed by atoms with E-state index in [9.17, 15) is 8.42 Å². The molecule has 0 radical (unpaired) electrons. The van der Waals surface area contributed by atoms with E-state index in [1.54, 1.807) is 30.7 Å². The highest BCUT2D eigenvalue weighted by Crippen LogP contribution is 2.30. The Kier molecular flexibility index (Phi) is 3.77. The Labute approximate surface area is 114 Å². The molecule has 1 N–H and O–H groups in total. The summed E-state index contributed by atoms with van der Waals surface area (Å²) in [5, 5.41) is 3.10. The van der Waals surface area contributed by atoms with Crippen molar-refractivity contribution in [3.63, 3.8) is 0 Å².